The van der Waals surface area contributed by atoms with Gasteiger partial charge in [0.15, 0.2) is 16.5 Å². The van der Waals surface area contributed by atoms with Crippen LogP contribution in [0.1, 0.15) is 22.0 Å². The number of benzene rings is 2. The molecule has 0 aliphatic rings. The van der Waals surface area contributed by atoms with Crippen LogP contribution in [-0.4, -0.2) is 46.9 Å². The molecule has 0 spiro atoms. The molecular weight excluding hydrogens is 442 g/mol. The maximum absolute atomic E-state index is 12.8. The molecule has 2 heterocycles. The molecule has 1 N–H and O–H groups in total. The number of carbonyl (C=O) groups excluding carboxylic acids is 1. The van der Waals surface area contributed by atoms with Gasteiger partial charge in [-0.15, -0.1) is 10.2 Å². The highest BCUT2D eigenvalue weighted by molar-refractivity contribution is 7.18. The Morgan fingerprint density at radius 1 is 1.06 bits per heavy atom. The number of methoxy groups -OCH3 is 2. The minimum atomic E-state index is -0.346. The van der Waals surface area contributed by atoms with Crippen LogP contribution in [0.25, 0.3) is 10.7 Å². The van der Waals surface area contributed by atoms with Gasteiger partial charge in [0.05, 0.1) is 13.7 Å². The zero-order valence-corrected chi connectivity index (χ0v) is 18.8. The molecule has 1 amide bonds. The Hall–Kier alpha value is -3.89. The summed E-state index contributed by atoms with van der Waals surface area (Å²) in [6.45, 7) is 0.362. The Kier molecular flexibility index (Phi) is 7.18. The molecule has 0 fully saturated rings. The van der Waals surface area contributed by atoms with E-state index in [4.69, 9.17) is 14.2 Å². The number of carbonyl (C=O) groups is 1. The van der Waals surface area contributed by atoms with Crippen molar-refractivity contribution < 1.29 is 19.0 Å². The largest absolute Gasteiger partial charge is 0.493 e. The summed E-state index contributed by atoms with van der Waals surface area (Å²) in [6.07, 6.45) is 2.72. The van der Waals surface area contributed by atoms with E-state index in [2.05, 4.69) is 25.5 Å². The minimum absolute atomic E-state index is 0.327. The molecule has 0 bridgehead atoms. The molecule has 0 aliphatic heterocycles. The Morgan fingerprint density at radius 3 is 2.64 bits per heavy atom. The number of aromatic nitrogens is 4. The summed E-state index contributed by atoms with van der Waals surface area (Å²) in [5.41, 5.74) is 2.00. The lowest BCUT2D eigenvalue weighted by molar-refractivity contribution is 0.0789. The van der Waals surface area contributed by atoms with E-state index in [-0.39, 0.29) is 12.0 Å². The fraction of sp³-hybridized carbons (Fsp3) is 0.174. The molecule has 4 rings (SSSR count). The molecule has 0 aliphatic carbocycles. The van der Waals surface area contributed by atoms with Crippen LogP contribution in [0, 0.1) is 0 Å². The van der Waals surface area contributed by atoms with Crippen molar-refractivity contribution in [2.75, 3.05) is 26.1 Å². The van der Waals surface area contributed by atoms with Gasteiger partial charge in [0.1, 0.15) is 18.1 Å². The van der Waals surface area contributed by atoms with Crippen LogP contribution in [-0.2, 0) is 4.74 Å². The summed E-state index contributed by atoms with van der Waals surface area (Å²) in [5.74, 6) is 0.585. The first-order chi connectivity index (χ1) is 16.2. The number of rotatable bonds is 9. The first kappa shape index (κ1) is 22.3. The number of anilines is 1. The van der Waals surface area contributed by atoms with Crippen molar-refractivity contribution in [2.24, 2.45) is 0 Å². The van der Waals surface area contributed by atoms with Crippen LogP contribution in [0.4, 0.5) is 5.13 Å². The highest BCUT2D eigenvalue weighted by atomic mass is 32.1. The number of amides is 1. The van der Waals surface area contributed by atoms with E-state index in [0.717, 1.165) is 5.56 Å². The Labute approximate surface area is 194 Å². The number of hydrogen-bond acceptors (Lipinski definition) is 9. The molecule has 10 heteroatoms. The molecule has 2 aromatic carbocycles. The van der Waals surface area contributed by atoms with E-state index in [1.165, 1.54) is 24.8 Å². The second kappa shape index (κ2) is 10.6. The van der Waals surface area contributed by atoms with Crippen LogP contribution >= 0.6 is 11.3 Å². The predicted octanol–water partition coefficient (Wildman–Crippen LogP) is 4.02. The number of nitrogens with one attached hydrogen (secondary N) is 1. The topological polar surface area (TPSA) is 108 Å². The van der Waals surface area contributed by atoms with Crippen molar-refractivity contribution in [1.82, 2.24) is 20.2 Å². The van der Waals surface area contributed by atoms with E-state index >= 15 is 0 Å². The molecule has 168 valence electrons. The zero-order valence-electron chi connectivity index (χ0n) is 18.0. The van der Waals surface area contributed by atoms with Crippen molar-refractivity contribution in [1.29, 1.82) is 0 Å². The molecule has 2 aromatic heterocycles. The van der Waals surface area contributed by atoms with E-state index in [9.17, 15) is 4.79 Å². The van der Waals surface area contributed by atoms with Gasteiger partial charge in [-0.2, -0.15) is 0 Å². The predicted molar refractivity (Wildman–Crippen MR) is 124 cm³/mol. The van der Waals surface area contributed by atoms with Gasteiger partial charge in [-0.05, 0) is 29.8 Å². The summed E-state index contributed by atoms with van der Waals surface area (Å²) in [5, 5.41) is 11.8. The average molecular weight is 464 g/mol. The lowest BCUT2D eigenvalue weighted by Crippen LogP contribution is -2.15. The van der Waals surface area contributed by atoms with Crippen LogP contribution < -0.4 is 14.8 Å². The highest BCUT2D eigenvalue weighted by Gasteiger charge is 2.18. The van der Waals surface area contributed by atoms with Gasteiger partial charge >= 0.3 is 0 Å². The second-order valence-corrected chi connectivity index (χ2v) is 7.78. The monoisotopic (exact) mass is 463 g/mol. The molecule has 0 radical (unpaired) electrons. The van der Waals surface area contributed by atoms with Crippen molar-refractivity contribution >= 4 is 22.4 Å². The molecule has 4 aromatic rings. The van der Waals surface area contributed by atoms with Crippen LogP contribution in [0.3, 0.4) is 0 Å². The minimum Gasteiger partial charge on any atom is -0.493 e. The maximum Gasteiger partial charge on any atom is 0.257 e. The third kappa shape index (κ3) is 5.48. The smallest absolute Gasteiger partial charge is 0.257 e. The first-order valence-corrected chi connectivity index (χ1v) is 10.8. The van der Waals surface area contributed by atoms with E-state index in [1.54, 1.807) is 37.6 Å². The lowest BCUT2D eigenvalue weighted by Gasteiger charge is -2.20. The summed E-state index contributed by atoms with van der Waals surface area (Å²) < 4.78 is 16.9. The average Bonchev–Trinajstić information content (AvgIpc) is 3.33. The van der Waals surface area contributed by atoms with Gasteiger partial charge < -0.3 is 14.2 Å². The van der Waals surface area contributed by atoms with Crippen LogP contribution in [0.5, 0.6) is 11.5 Å². The molecular formula is C23H21N5O4S. The van der Waals surface area contributed by atoms with Crippen molar-refractivity contribution in [2.45, 2.75) is 6.10 Å². The number of ether oxygens (including phenoxy) is 3. The Bertz CT molecular complexity index is 1200. The van der Waals surface area contributed by atoms with Gasteiger partial charge in [0, 0.05) is 18.9 Å². The van der Waals surface area contributed by atoms with Crippen molar-refractivity contribution in [3.8, 4) is 22.2 Å². The van der Waals surface area contributed by atoms with E-state index < -0.39 is 0 Å². The van der Waals surface area contributed by atoms with Crippen LogP contribution in [0.15, 0.2) is 67.1 Å². The van der Waals surface area contributed by atoms with Gasteiger partial charge in [0.2, 0.25) is 5.13 Å². The van der Waals surface area contributed by atoms with Gasteiger partial charge in [-0.3, -0.25) is 10.1 Å². The van der Waals surface area contributed by atoms with Crippen molar-refractivity contribution in [3.05, 3.63) is 78.2 Å². The number of hydrogen-bond donors (Lipinski definition) is 1. The molecule has 1 atom stereocenters. The van der Waals surface area contributed by atoms with Gasteiger partial charge in [0.25, 0.3) is 5.91 Å². The second-order valence-electron chi connectivity index (χ2n) is 6.80. The molecule has 33 heavy (non-hydrogen) atoms. The normalized spacial score (nSPS) is 11.6. The Balaban J connectivity index is 1.49. The SMILES string of the molecule is COC[C@H](Oc1ccc(C(=O)Nc2nnc(-c3ccncn3)s2)cc1OC)c1ccccc1. The summed E-state index contributed by atoms with van der Waals surface area (Å²) in [4.78, 5) is 20.8. The van der Waals surface area contributed by atoms with Crippen molar-refractivity contribution in [3.63, 3.8) is 0 Å². The molecule has 0 saturated heterocycles. The third-order valence-corrected chi connectivity index (χ3v) is 5.49. The van der Waals surface area contributed by atoms with E-state index in [1.807, 2.05) is 30.3 Å². The van der Waals surface area contributed by atoms with E-state index in [0.29, 0.717) is 39.5 Å². The standard InChI is InChI=1S/C23H21N5O4S/c1-30-13-20(15-6-4-3-5-7-15)32-18-9-8-16(12-19(18)31-2)21(29)26-23-28-27-22(33-23)17-10-11-24-14-25-17/h3-12,14,20H,13H2,1-2H3,(H,26,28,29)/t20-/m0/s1. The lowest BCUT2D eigenvalue weighted by atomic mass is 10.1. The fourth-order valence-electron chi connectivity index (χ4n) is 3.04. The zero-order chi connectivity index (χ0) is 23.0. The summed E-state index contributed by atoms with van der Waals surface area (Å²) in [7, 11) is 3.14. The quantitative estimate of drug-likeness (QED) is 0.396. The molecule has 0 saturated carbocycles. The fourth-order valence-corrected chi connectivity index (χ4v) is 3.76. The third-order valence-electron chi connectivity index (χ3n) is 4.63. The first-order valence-electron chi connectivity index (χ1n) is 9.97. The van der Waals surface area contributed by atoms with Gasteiger partial charge in [-0.1, -0.05) is 41.7 Å². The Morgan fingerprint density at radius 2 is 1.91 bits per heavy atom. The molecule has 0 unspecified atom stereocenters. The number of nitrogens with zero attached hydrogens (tertiary/aromatic N) is 4. The maximum atomic E-state index is 12.8. The highest BCUT2D eigenvalue weighted by Crippen LogP contribution is 2.33. The summed E-state index contributed by atoms with van der Waals surface area (Å²) in [6, 6.07) is 16.5. The summed E-state index contributed by atoms with van der Waals surface area (Å²) >= 11 is 1.22. The van der Waals surface area contributed by atoms with Gasteiger partial charge in [-0.25, -0.2) is 9.97 Å². The molecule has 9 nitrogen and oxygen atoms in total. The van der Waals surface area contributed by atoms with Crippen LogP contribution in [0.2, 0.25) is 0 Å².